The topological polar surface area (TPSA) is 0 Å². The van der Waals surface area contributed by atoms with Crippen LogP contribution in [0.4, 0.5) is 0 Å². The Morgan fingerprint density at radius 1 is 0.870 bits per heavy atom. The van der Waals surface area contributed by atoms with Crippen molar-refractivity contribution < 1.29 is 0 Å². The minimum Gasteiger partial charge on any atom is -0.0806 e. The van der Waals surface area contributed by atoms with Crippen LogP contribution in [0.15, 0.2) is 83.6 Å². The largest absolute Gasteiger partial charge is 0.0806 e. The molecule has 0 spiro atoms. The third kappa shape index (κ3) is 3.73. The Balaban J connectivity index is 2.04. The summed E-state index contributed by atoms with van der Waals surface area (Å²) in [5.74, 6) is 0.471. The van der Waals surface area contributed by atoms with Gasteiger partial charge in [0.05, 0.1) is 8.07 Å². The lowest BCUT2D eigenvalue weighted by molar-refractivity contribution is 0.801. The molecule has 0 heterocycles. The van der Waals surface area contributed by atoms with Crippen LogP contribution in [-0.4, -0.2) is 8.07 Å². The van der Waals surface area contributed by atoms with E-state index >= 15 is 0 Å². The summed E-state index contributed by atoms with van der Waals surface area (Å²) in [4.78, 5) is 0. The number of hydrogen-bond acceptors (Lipinski definition) is 0. The molecule has 2 aromatic rings. The van der Waals surface area contributed by atoms with Crippen LogP contribution in [0.1, 0.15) is 23.5 Å². The third-order valence-corrected chi connectivity index (χ3v) is 7.04. The van der Waals surface area contributed by atoms with Gasteiger partial charge in [0, 0.05) is 5.92 Å². The first kappa shape index (κ1) is 16.0. The van der Waals surface area contributed by atoms with E-state index in [1.165, 1.54) is 11.1 Å². The molecular weight excluding hydrogens is 292 g/mol. The van der Waals surface area contributed by atoms with Gasteiger partial charge in [0.25, 0.3) is 0 Å². The lowest BCUT2D eigenvalue weighted by atomic mass is 9.86. The Hall–Kier alpha value is -1.86. The van der Waals surface area contributed by atoms with E-state index in [2.05, 4.69) is 92.5 Å². The summed E-state index contributed by atoms with van der Waals surface area (Å²) < 4.78 is 0. The van der Waals surface area contributed by atoms with Gasteiger partial charge in [-0.3, -0.25) is 0 Å². The van der Waals surface area contributed by atoms with Gasteiger partial charge in [-0.25, -0.2) is 0 Å². The van der Waals surface area contributed by atoms with Crippen LogP contribution in [0.3, 0.4) is 0 Å². The van der Waals surface area contributed by atoms with Gasteiger partial charge in [0.15, 0.2) is 0 Å². The molecule has 1 heteroatoms. The molecule has 0 bridgehead atoms. The first-order chi connectivity index (χ1) is 11.1. The summed E-state index contributed by atoms with van der Waals surface area (Å²) in [6.45, 7) is 7.42. The molecule has 0 saturated carbocycles. The Morgan fingerprint density at radius 3 is 2.09 bits per heavy atom. The van der Waals surface area contributed by atoms with Crippen LogP contribution in [0, 0.1) is 0 Å². The van der Waals surface area contributed by atoms with Crippen molar-refractivity contribution in [3.05, 3.63) is 94.7 Å². The molecule has 0 unspecified atom stereocenters. The van der Waals surface area contributed by atoms with Crippen LogP contribution in [0.5, 0.6) is 0 Å². The maximum absolute atomic E-state index is 2.47. The van der Waals surface area contributed by atoms with E-state index in [0.29, 0.717) is 5.92 Å². The fourth-order valence-electron chi connectivity index (χ4n) is 3.53. The van der Waals surface area contributed by atoms with E-state index < -0.39 is 8.07 Å². The minimum atomic E-state index is -1.28. The molecule has 0 amide bonds. The van der Waals surface area contributed by atoms with Crippen LogP contribution in [0.2, 0.25) is 19.6 Å². The Bertz CT molecular complexity index is 703. The monoisotopic (exact) mass is 318 g/mol. The number of rotatable bonds is 5. The van der Waals surface area contributed by atoms with Gasteiger partial charge < -0.3 is 0 Å². The molecule has 0 radical (unpaired) electrons. The summed E-state index contributed by atoms with van der Waals surface area (Å²) in [6.07, 6.45) is 7.00. The summed E-state index contributed by atoms with van der Waals surface area (Å²) >= 11 is 0. The van der Waals surface area contributed by atoms with Gasteiger partial charge in [-0.1, -0.05) is 97.7 Å². The normalized spacial score (nSPS) is 16.0. The molecule has 0 aliphatic heterocycles. The highest BCUT2D eigenvalue weighted by Gasteiger charge is 2.28. The molecule has 1 aliphatic rings. The SMILES string of the molecule is C[Si](C)(C)C1=C([C@H](Cc2ccccc2)c2ccccc2)C=CC1. The molecule has 0 N–H and O–H groups in total. The zero-order chi connectivity index (χ0) is 16.3. The van der Waals surface area contributed by atoms with Gasteiger partial charge in [-0.2, -0.15) is 0 Å². The van der Waals surface area contributed by atoms with Crippen molar-refractivity contribution >= 4 is 8.07 Å². The van der Waals surface area contributed by atoms with Gasteiger partial charge in [-0.05, 0) is 29.5 Å². The quantitative estimate of drug-likeness (QED) is 0.580. The predicted molar refractivity (Wildman–Crippen MR) is 103 cm³/mol. The first-order valence-corrected chi connectivity index (χ1v) is 12.0. The first-order valence-electron chi connectivity index (χ1n) is 8.54. The summed E-state index contributed by atoms with van der Waals surface area (Å²) in [6, 6.07) is 21.9. The molecule has 0 nitrogen and oxygen atoms in total. The summed E-state index contributed by atoms with van der Waals surface area (Å²) in [7, 11) is -1.28. The van der Waals surface area contributed by atoms with Crippen LogP contribution < -0.4 is 0 Å². The number of hydrogen-bond donors (Lipinski definition) is 0. The van der Waals surface area contributed by atoms with Gasteiger partial charge in [0.1, 0.15) is 0 Å². The fourth-order valence-corrected chi connectivity index (χ4v) is 5.38. The molecule has 0 aromatic heterocycles. The van der Waals surface area contributed by atoms with Gasteiger partial charge in [0.2, 0.25) is 0 Å². The average Bonchev–Trinajstić information content (AvgIpc) is 3.04. The zero-order valence-electron chi connectivity index (χ0n) is 14.4. The van der Waals surface area contributed by atoms with Crippen LogP contribution >= 0.6 is 0 Å². The molecule has 0 fully saturated rings. The van der Waals surface area contributed by atoms with Crippen molar-refractivity contribution in [1.29, 1.82) is 0 Å². The van der Waals surface area contributed by atoms with Crippen LogP contribution in [-0.2, 0) is 6.42 Å². The van der Waals surface area contributed by atoms with E-state index in [-0.39, 0.29) is 0 Å². The van der Waals surface area contributed by atoms with E-state index in [0.717, 1.165) is 12.8 Å². The Labute approximate surface area is 141 Å². The van der Waals surface area contributed by atoms with Gasteiger partial charge >= 0.3 is 0 Å². The summed E-state index contributed by atoms with van der Waals surface area (Å²) in [5.41, 5.74) is 4.44. The van der Waals surface area contributed by atoms with Crippen molar-refractivity contribution in [2.75, 3.05) is 0 Å². The number of allylic oxidation sites excluding steroid dienone is 4. The van der Waals surface area contributed by atoms with E-state index in [1.54, 1.807) is 10.8 Å². The lowest BCUT2D eigenvalue weighted by Crippen LogP contribution is -2.25. The second-order valence-corrected chi connectivity index (χ2v) is 12.5. The standard InChI is InChI=1S/C22H26Si/c1-23(2,3)22-16-10-15-20(22)21(19-13-8-5-9-14-19)17-18-11-6-4-7-12-18/h4-15,21H,16-17H2,1-3H3/t21-/m1/s1. The minimum absolute atomic E-state index is 0.471. The van der Waals surface area contributed by atoms with Crippen molar-refractivity contribution in [2.24, 2.45) is 0 Å². The highest BCUT2D eigenvalue weighted by molar-refractivity contribution is 6.83. The van der Waals surface area contributed by atoms with Crippen molar-refractivity contribution in [3.8, 4) is 0 Å². The average molecular weight is 319 g/mol. The predicted octanol–water partition coefficient (Wildman–Crippen LogP) is 6.15. The second kappa shape index (κ2) is 6.72. The molecule has 1 atom stereocenters. The molecular formula is C22H26Si. The molecule has 0 saturated heterocycles. The fraction of sp³-hybridized carbons (Fsp3) is 0.273. The summed E-state index contributed by atoms with van der Waals surface area (Å²) in [5, 5.41) is 1.72. The molecule has 2 aromatic carbocycles. The molecule has 23 heavy (non-hydrogen) atoms. The molecule has 1 aliphatic carbocycles. The molecule has 3 rings (SSSR count). The Morgan fingerprint density at radius 2 is 1.48 bits per heavy atom. The molecule has 118 valence electrons. The Kier molecular flexibility index (Phi) is 4.68. The third-order valence-electron chi connectivity index (χ3n) is 4.73. The zero-order valence-corrected chi connectivity index (χ0v) is 15.4. The highest BCUT2D eigenvalue weighted by atomic mass is 28.3. The maximum Gasteiger partial charge on any atom is 0.0732 e. The number of benzene rings is 2. The second-order valence-electron chi connectivity index (χ2n) is 7.44. The van der Waals surface area contributed by atoms with Crippen LogP contribution in [0.25, 0.3) is 0 Å². The van der Waals surface area contributed by atoms with E-state index in [1.807, 2.05) is 0 Å². The highest BCUT2D eigenvalue weighted by Crippen LogP contribution is 2.38. The lowest BCUT2D eigenvalue weighted by Gasteiger charge is -2.26. The van der Waals surface area contributed by atoms with Crippen molar-refractivity contribution in [2.45, 2.75) is 38.4 Å². The van der Waals surface area contributed by atoms with Crippen molar-refractivity contribution in [3.63, 3.8) is 0 Å². The van der Waals surface area contributed by atoms with E-state index in [9.17, 15) is 0 Å². The maximum atomic E-state index is 2.47. The smallest absolute Gasteiger partial charge is 0.0732 e. The van der Waals surface area contributed by atoms with Crippen molar-refractivity contribution in [1.82, 2.24) is 0 Å². The van der Waals surface area contributed by atoms with Gasteiger partial charge in [-0.15, -0.1) is 0 Å². The van der Waals surface area contributed by atoms with E-state index in [4.69, 9.17) is 0 Å².